The molecule has 22 heavy (non-hydrogen) atoms. The summed E-state index contributed by atoms with van der Waals surface area (Å²) < 4.78 is 3.32. The third kappa shape index (κ3) is 2.48. The Morgan fingerprint density at radius 1 is 1.09 bits per heavy atom. The molecule has 6 heteroatoms. The Balaban J connectivity index is 1.68. The predicted molar refractivity (Wildman–Crippen MR) is 93.5 cm³/mol. The van der Waals surface area contributed by atoms with Crippen LogP contribution in [0.5, 0.6) is 0 Å². The molecule has 0 spiro atoms. The quantitative estimate of drug-likeness (QED) is 0.569. The van der Waals surface area contributed by atoms with Crippen molar-refractivity contribution in [3.63, 3.8) is 0 Å². The van der Waals surface area contributed by atoms with E-state index >= 15 is 0 Å². The number of aromatic nitrogens is 4. The first kappa shape index (κ1) is 13.7. The number of hydrogen-bond donors (Lipinski definition) is 0. The van der Waals surface area contributed by atoms with Crippen molar-refractivity contribution in [3.8, 4) is 0 Å². The number of thioether (sulfide) groups is 1. The molecule has 3 aromatic heterocycles. The van der Waals surface area contributed by atoms with Crippen LogP contribution in [0, 0.1) is 0 Å². The Bertz CT molecular complexity index is 942. The van der Waals surface area contributed by atoms with Crippen LogP contribution in [-0.4, -0.2) is 25.8 Å². The standard InChI is InChI=1S/C16H14N4S2/c1-21-8-12-4-14-16(17-6-12)20(9-18-14)7-11-2-3-13-15(5-11)22-10-19-13/h2-6,9-10H,7-8H2,1H3. The number of benzene rings is 1. The van der Waals surface area contributed by atoms with Crippen LogP contribution in [0.3, 0.4) is 0 Å². The summed E-state index contributed by atoms with van der Waals surface area (Å²) in [5.41, 5.74) is 7.31. The van der Waals surface area contributed by atoms with Gasteiger partial charge in [-0.25, -0.2) is 15.0 Å². The summed E-state index contributed by atoms with van der Waals surface area (Å²) in [5, 5.41) is 0. The zero-order valence-electron chi connectivity index (χ0n) is 12.1. The van der Waals surface area contributed by atoms with Crippen LogP contribution in [0.2, 0.25) is 0 Å². The molecular formula is C16H14N4S2. The van der Waals surface area contributed by atoms with Crippen LogP contribution in [0.1, 0.15) is 11.1 Å². The smallest absolute Gasteiger partial charge is 0.160 e. The Morgan fingerprint density at radius 2 is 2.05 bits per heavy atom. The summed E-state index contributed by atoms with van der Waals surface area (Å²) in [5.74, 6) is 0.970. The van der Waals surface area contributed by atoms with Gasteiger partial charge in [0.15, 0.2) is 5.65 Å². The first-order valence-electron chi connectivity index (χ1n) is 6.94. The van der Waals surface area contributed by atoms with Gasteiger partial charge >= 0.3 is 0 Å². The maximum absolute atomic E-state index is 4.59. The first-order valence-corrected chi connectivity index (χ1v) is 9.21. The molecule has 0 aliphatic rings. The SMILES string of the molecule is CSCc1cnc2c(c1)ncn2Cc1ccc2ncsc2c1. The minimum Gasteiger partial charge on any atom is -0.311 e. The molecular weight excluding hydrogens is 312 g/mol. The lowest BCUT2D eigenvalue weighted by atomic mass is 10.2. The van der Waals surface area contributed by atoms with Gasteiger partial charge in [0.05, 0.1) is 28.6 Å². The Hall–Kier alpha value is -1.92. The van der Waals surface area contributed by atoms with E-state index in [0.29, 0.717) is 0 Å². The number of fused-ring (bicyclic) bond motifs is 2. The van der Waals surface area contributed by atoms with Crippen molar-refractivity contribution < 1.29 is 0 Å². The van der Waals surface area contributed by atoms with E-state index in [0.717, 1.165) is 29.0 Å². The second-order valence-corrected chi connectivity index (χ2v) is 6.90. The van der Waals surface area contributed by atoms with Crippen molar-refractivity contribution >= 4 is 44.5 Å². The Kier molecular flexibility index (Phi) is 3.56. The highest BCUT2D eigenvalue weighted by Crippen LogP contribution is 2.21. The predicted octanol–water partition coefficient (Wildman–Crippen LogP) is 3.95. The maximum Gasteiger partial charge on any atom is 0.160 e. The Labute approximate surface area is 136 Å². The molecule has 0 fully saturated rings. The van der Waals surface area contributed by atoms with Crippen molar-refractivity contribution in [2.75, 3.05) is 6.26 Å². The number of thiazole rings is 1. The van der Waals surface area contributed by atoms with Gasteiger partial charge in [0.2, 0.25) is 0 Å². The van der Waals surface area contributed by atoms with Gasteiger partial charge in [-0.15, -0.1) is 11.3 Å². The lowest BCUT2D eigenvalue weighted by Crippen LogP contribution is -1.99. The molecule has 4 aromatic rings. The molecule has 0 unspecified atom stereocenters. The van der Waals surface area contributed by atoms with E-state index in [-0.39, 0.29) is 0 Å². The van der Waals surface area contributed by atoms with Gasteiger partial charge < -0.3 is 4.57 Å². The van der Waals surface area contributed by atoms with E-state index in [1.165, 1.54) is 15.8 Å². The van der Waals surface area contributed by atoms with E-state index in [1.54, 1.807) is 23.1 Å². The second kappa shape index (κ2) is 5.70. The molecule has 0 atom stereocenters. The number of imidazole rings is 1. The summed E-state index contributed by atoms with van der Waals surface area (Å²) >= 11 is 3.47. The number of rotatable bonds is 4. The minimum absolute atomic E-state index is 0.777. The fraction of sp³-hybridized carbons (Fsp3) is 0.188. The van der Waals surface area contributed by atoms with Gasteiger partial charge in [0, 0.05) is 11.9 Å². The molecule has 0 bridgehead atoms. The third-order valence-corrected chi connectivity index (χ3v) is 4.99. The molecule has 0 N–H and O–H groups in total. The second-order valence-electron chi connectivity index (χ2n) is 5.15. The fourth-order valence-corrected chi connectivity index (χ4v) is 3.78. The van der Waals surface area contributed by atoms with Gasteiger partial charge in [-0.3, -0.25) is 0 Å². The van der Waals surface area contributed by atoms with Crippen LogP contribution in [0.25, 0.3) is 21.4 Å². The van der Waals surface area contributed by atoms with Gasteiger partial charge in [0.25, 0.3) is 0 Å². The third-order valence-electron chi connectivity index (χ3n) is 3.57. The summed E-state index contributed by atoms with van der Waals surface area (Å²) in [6.07, 6.45) is 5.92. The van der Waals surface area contributed by atoms with E-state index in [9.17, 15) is 0 Å². The number of pyridine rings is 1. The molecule has 4 rings (SSSR count). The van der Waals surface area contributed by atoms with Crippen LogP contribution in [0.4, 0.5) is 0 Å². The first-order chi connectivity index (χ1) is 10.8. The highest BCUT2D eigenvalue weighted by atomic mass is 32.2. The zero-order valence-corrected chi connectivity index (χ0v) is 13.7. The molecule has 1 aromatic carbocycles. The topological polar surface area (TPSA) is 43.6 Å². The Morgan fingerprint density at radius 3 is 2.95 bits per heavy atom. The van der Waals surface area contributed by atoms with Crippen LogP contribution in [0.15, 0.2) is 42.3 Å². The largest absolute Gasteiger partial charge is 0.311 e. The lowest BCUT2D eigenvalue weighted by molar-refractivity contribution is 0.815. The molecule has 3 heterocycles. The summed E-state index contributed by atoms with van der Waals surface area (Å²) in [6.45, 7) is 0.777. The van der Waals surface area contributed by atoms with E-state index in [1.807, 2.05) is 18.0 Å². The fourth-order valence-electron chi connectivity index (χ4n) is 2.55. The van der Waals surface area contributed by atoms with Crippen LogP contribution < -0.4 is 0 Å². The lowest BCUT2D eigenvalue weighted by Gasteiger charge is -2.04. The van der Waals surface area contributed by atoms with Gasteiger partial charge in [-0.2, -0.15) is 11.8 Å². The summed E-state index contributed by atoms with van der Waals surface area (Å²) in [7, 11) is 0. The average Bonchev–Trinajstić information content (AvgIpc) is 3.14. The summed E-state index contributed by atoms with van der Waals surface area (Å²) in [4.78, 5) is 13.4. The minimum atomic E-state index is 0.777. The van der Waals surface area contributed by atoms with E-state index < -0.39 is 0 Å². The monoisotopic (exact) mass is 326 g/mol. The van der Waals surface area contributed by atoms with Gasteiger partial charge in [-0.1, -0.05) is 6.07 Å². The van der Waals surface area contributed by atoms with Crippen molar-refractivity contribution in [2.24, 2.45) is 0 Å². The molecule has 0 radical (unpaired) electrons. The molecule has 0 aliphatic carbocycles. The average molecular weight is 326 g/mol. The normalized spacial score (nSPS) is 11.5. The molecule has 0 saturated carbocycles. The number of hydrogen-bond acceptors (Lipinski definition) is 5. The highest BCUT2D eigenvalue weighted by molar-refractivity contribution is 7.97. The maximum atomic E-state index is 4.59. The number of nitrogens with zero attached hydrogens (tertiary/aromatic N) is 4. The zero-order chi connectivity index (χ0) is 14.9. The van der Waals surface area contributed by atoms with Crippen molar-refractivity contribution in [2.45, 2.75) is 12.3 Å². The molecule has 110 valence electrons. The van der Waals surface area contributed by atoms with Crippen LogP contribution >= 0.6 is 23.1 Å². The van der Waals surface area contributed by atoms with Gasteiger partial charge in [0.1, 0.15) is 5.52 Å². The molecule has 4 nitrogen and oxygen atoms in total. The van der Waals surface area contributed by atoms with Crippen molar-refractivity contribution in [3.05, 3.63) is 53.4 Å². The van der Waals surface area contributed by atoms with Crippen LogP contribution in [-0.2, 0) is 12.3 Å². The van der Waals surface area contributed by atoms with Crippen molar-refractivity contribution in [1.29, 1.82) is 0 Å². The highest BCUT2D eigenvalue weighted by Gasteiger charge is 2.07. The van der Waals surface area contributed by atoms with Gasteiger partial charge in [-0.05, 0) is 35.6 Å². The van der Waals surface area contributed by atoms with E-state index in [4.69, 9.17) is 0 Å². The molecule has 0 aliphatic heterocycles. The van der Waals surface area contributed by atoms with Crippen molar-refractivity contribution in [1.82, 2.24) is 19.5 Å². The summed E-state index contributed by atoms with van der Waals surface area (Å²) in [6, 6.07) is 8.52. The molecule has 0 saturated heterocycles. The van der Waals surface area contributed by atoms with E-state index in [2.05, 4.69) is 50.0 Å². The molecule has 0 amide bonds.